The molecule has 0 saturated heterocycles. The van der Waals surface area contributed by atoms with E-state index in [1.807, 2.05) is 6.92 Å². The van der Waals surface area contributed by atoms with Gasteiger partial charge < -0.3 is 4.74 Å². The Kier molecular flexibility index (Phi) is 6.18. The Morgan fingerprint density at radius 3 is 2.80 bits per heavy atom. The van der Waals surface area contributed by atoms with Gasteiger partial charge in [-0.3, -0.25) is 4.79 Å². The lowest BCUT2D eigenvalue weighted by atomic mass is 10.4. The van der Waals surface area contributed by atoms with E-state index >= 15 is 0 Å². The molecule has 0 aromatic rings. The smallest absolute Gasteiger partial charge is 0.307 e. The minimum atomic E-state index is -0.146. The summed E-state index contributed by atoms with van der Waals surface area (Å²) in [5.41, 5.74) is 0. The van der Waals surface area contributed by atoms with Crippen molar-refractivity contribution in [3.63, 3.8) is 0 Å². The molecule has 0 aliphatic carbocycles. The topological polar surface area (TPSA) is 40.4 Å². The first-order chi connectivity index (χ1) is 4.81. The predicted octanol–water partition coefficient (Wildman–Crippen LogP) is 0.564. The van der Waals surface area contributed by atoms with Gasteiger partial charge in [0.1, 0.15) is 0 Å². The minimum absolute atomic E-state index is 0.146. The van der Waals surface area contributed by atoms with Gasteiger partial charge in [-0.05, 0) is 6.42 Å². The van der Waals surface area contributed by atoms with Crippen LogP contribution in [0.3, 0.4) is 0 Å². The molecule has 0 spiro atoms. The Hall–Kier alpha value is -0.570. The second-order valence-corrected chi connectivity index (χ2v) is 2.01. The fourth-order valence-corrected chi connectivity index (χ4v) is 0.491. The maximum Gasteiger partial charge on any atom is 0.307 e. The zero-order valence-corrected chi connectivity index (χ0v) is 6.59. The van der Waals surface area contributed by atoms with Crippen LogP contribution in [0.4, 0.5) is 0 Å². The number of rotatable bonds is 5. The second-order valence-electron chi connectivity index (χ2n) is 2.01. The van der Waals surface area contributed by atoms with Crippen LogP contribution in [0.1, 0.15) is 19.8 Å². The third-order valence-corrected chi connectivity index (χ3v) is 1.01. The summed E-state index contributed by atoms with van der Waals surface area (Å²) in [6, 6.07) is 0. The van der Waals surface area contributed by atoms with Crippen LogP contribution in [0.25, 0.3) is 0 Å². The molecule has 0 heterocycles. The monoisotopic (exact) mass is 144 g/mol. The van der Waals surface area contributed by atoms with E-state index in [1.165, 1.54) is 0 Å². The van der Waals surface area contributed by atoms with Gasteiger partial charge in [0.15, 0.2) is 0 Å². The molecule has 0 rings (SSSR count). The zero-order chi connectivity index (χ0) is 7.82. The molecule has 0 fully saturated rings. The number of esters is 1. The molecule has 0 atom stereocenters. The van der Waals surface area contributed by atoms with Gasteiger partial charge in [-0.2, -0.15) is 0 Å². The van der Waals surface area contributed by atoms with E-state index in [1.54, 1.807) is 7.05 Å². The molecule has 0 aliphatic heterocycles. The largest absolute Gasteiger partial charge is 0.466 e. The molecule has 0 aliphatic rings. The Labute approximate surface area is 61.8 Å². The summed E-state index contributed by atoms with van der Waals surface area (Å²) in [5, 5.41) is 3.78. The Balaban J connectivity index is 3.09. The quantitative estimate of drug-likeness (QED) is 0.529. The molecule has 0 amide bonds. The van der Waals surface area contributed by atoms with Crippen LogP contribution in [-0.4, -0.2) is 26.2 Å². The molecule has 0 unspecified atom stereocenters. The van der Waals surface area contributed by atoms with E-state index in [9.17, 15) is 4.79 Å². The van der Waals surface area contributed by atoms with Crippen molar-refractivity contribution < 1.29 is 9.53 Å². The summed E-state index contributed by atoms with van der Waals surface area (Å²) in [5.74, 6) is -0.146. The van der Waals surface area contributed by atoms with Crippen LogP contribution in [0.2, 0.25) is 0 Å². The highest BCUT2D eigenvalue weighted by Gasteiger charge is 1.99. The Morgan fingerprint density at radius 2 is 2.30 bits per heavy atom. The predicted molar refractivity (Wildman–Crippen MR) is 38.8 cm³/mol. The van der Waals surface area contributed by atoms with Crippen molar-refractivity contribution in [2.45, 2.75) is 19.8 Å². The van der Waals surface area contributed by atoms with E-state index < -0.39 is 0 Å². The lowest BCUT2D eigenvalue weighted by Crippen LogP contribution is -2.11. The number of ether oxygens (including phenoxy) is 1. The summed E-state index contributed by atoms with van der Waals surface area (Å²) < 4.78 is 4.79. The summed E-state index contributed by atoms with van der Waals surface area (Å²) >= 11 is 0. The molecule has 3 nitrogen and oxygen atoms in total. The maximum absolute atomic E-state index is 10.7. The van der Waals surface area contributed by atoms with E-state index in [-0.39, 0.29) is 5.97 Å². The summed E-state index contributed by atoms with van der Waals surface area (Å²) in [7, 11) is 1.69. The van der Waals surface area contributed by atoms with E-state index in [0.717, 1.165) is 6.42 Å². The van der Waals surface area contributed by atoms with Crippen molar-refractivity contribution in [2.24, 2.45) is 0 Å². The Morgan fingerprint density at radius 1 is 1.60 bits per heavy atom. The summed E-state index contributed by atoms with van der Waals surface area (Å²) in [6.07, 6.45) is 1.30. The van der Waals surface area contributed by atoms with Gasteiger partial charge in [0, 0.05) is 13.6 Å². The van der Waals surface area contributed by atoms with Crippen LogP contribution >= 0.6 is 0 Å². The van der Waals surface area contributed by atoms with Crippen LogP contribution < -0.4 is 5.32 Å². The van der Waals surface area contributed by atoms with Gasteiger partial charge >= 0.3 is 5.97 Å². The number of hydrogen-bond acceptors (Lipinski definition) is 2. The molecule has 0 aromatic heterocycles. The molecule has 0 saturated carbocycles. The van der Waals surface area contributed by atoms with Crippen LogP contribution in [0, 0.1) is 0 Å². The number of hydrogen-bond donors (Lipinski definition) is 0. The van der Waals surface area contributed by atoms with Crippen molar-refractivity contribution >= 4 is 5.97 Å². The standard InChI is InChI=1S/C7H14NO2/c1-3-6-10-7(9)4-5-8-2/h3-6H2,1-2H3. The van der Waals surface area contributed by atoms with Gasteiger partial charge in [-0.15, -0.1) is 0 Å². The highest BCUT2D eigenvalue weighted by atomic mass is 16.5. The molecule has 3 heteroatoms. The van der Waals surface area contributed by atoms with E-state index in [2.05, 4.69) is 5.32 Å². The van der Waals surface area contributed by atoms with Crippen molar-refractivity contribution in [3.8, 4) is 0 Å². The van der Waals surface area contributed by atoms with Crippen molar-refractivity contribution in [1.29, 1.82) is 0 Å². The molecular formula is C7H14NO2. The number of carbonyl (C=O) groups is 1. The Bertz CT molecular complexity index is 83.6. The summed E-state index contributed by atoms with van der Waals surface area (Å²) in [4.78, 5) is 10.7. The van der Waals surface area contributed by atoms with Crippen LogP contribution in [-0.2, 0) is 9.53 Å². The van der Waals surface area contributed by atoms with Crippen LogP contribution in [0.5, 0.6) is 0 Å². The average Bonchev–Trinajstić information content (AvgIpc) is 1.97. The highest BCUT2D eigenvalue weighted by molar-refractivity contribution is 5.69. The minimum Gasteiger partial charge on any atom is -0.466 e. The summed E-state index contributed by atoms with van der Waals surface area (Å²) in [6.45, 7) is 3.07. The van der Waals surface area contributed by atoms with Gasteiger partial charge in [0.05, 0.1) is 13.0 Å². The second kappa shape index (κ2) is 6.55. The highest BCUT2D eigenvalue weighted by Crippen LogP contribution is 1.86. The van der Waals surface area contributed by atoms with Crippen molar-refractivity contribution in [2.75, 3.05) is 20.2 Å². The zero-order valence-electron chi connectivity index (χ0n) is 6.59. The SMILES string of the molecule is CCCOC(=O)CC[N]C. The first kappa shape index (κ1) is 9.43. The molecular weight excluding hydrogens is 130 g/mol. The molecule has 0 aromatic carbocycles. The molecule has 0 N–H and O–H groups in total. The van der Waals surface area contributed by atoms with Gasteiger partial charge in [0.25, 0.3) is 0 Å². The van der Waals surface area contributed by atoms with Crippen molar-refractivity contribution in [1.82, 2.24) is 5.32 Å². The molecule has 10 heavy (non-hydrogen) atoms. The van der Waals surface area contributed by atoms with Gasteiger partial charge in [-0.25, -0.2) is 5.32 Å². The van der Waals surface area contributed by atoms with Crippen LogP contribution in [0.15, 0.2) is 0 Å². The first-order valence-corrected chi connectivity index (χ1v) is 3.52. The number of nitrogens with zero attached hydrogens (tertiary/aromatic N) is 1. The lowest BCUT2D eigenvalue weighted by Gasteiger charge is -2.00. The number of carbonyl (C=O) groups excluding carboxylic acids is 1. The fraction of sp³-hybridized carbons (Fsp3) is 0.857. The van der Waals surface area contributed by atoms with Gasteiger partial charge in [-0.1, -0.05) is 6.92 Å². The first-order valence-electron chi connectivity index (χ1n) is 3.52. The van der Waals surface area contributed by atoms with E-state index in [0.29, 0.717) is 19.6 Å². The molecule has 59 valence electrons. The third-order valence-electron chi connectivity index (χ3n) is 1.01. The average molecular weight is 144 g/mol. The van der Waals surface area contributed by atoms with Crippen molar-refractivity contribution in [3.05, 3.63) is 0 Å². The van der Waals surface area contributed by atoms with Gasteiger partial charge in [0.2, 0.25) is 0 Å². The maximum atomic E-state index is 10.7. The fourth-order valence-electron chi connectivity index (χ4n) is 0.491. The van der Waals surface area contributed by atoms with E-state index in [4.69, 9.17) is 4.74 Å². The molecule has 0 bridgehead atoms. The third kappa shape index (κ3) is 5.56. The normalized spacial score (nSPS) is 9.40. The molecule has 1 radical (unpaired) electrons. The lowest BCUT2D eigenvalue weighted by molar-refractivity contribution is -0.143.